The zero-order valence-electron chi connectivity index (χ0n) is 23.1. The molecule has 210 valence electrons. The average molecular weight is 655 g/mol. The zero-order valence-corrected chi connectivity index (χ0v) is 26.1. The Labute approximate surface area is 245 Å². The van der Waals surface area contributed by atoms with Crippen LogP contribution in [0, 0.1) is 12.3 Å². The molecule has 3 N–H and O–H groups in total. The van der Waals surface area contributed by atoms with Gasteiger partial charge in [-0.05, 0) is 47.3 Å². The van der Waals surface area contributed by atoms with Gasteiger partial charge in [0.2, 0.25) is 11.8 Å². The van der Waals surface area contributed by atoms with Crippen molar-refractivity contribution >= 4 is 45.7 Å². The molecule has 0 bridgehead atoms. The number of hydrogen-bond donors (Lipinski definition) is 3. The van der Waals surface area contributed by atoms with E-state index in [4.69, 9.17) is 0 Å². The molecule has 1 aromatic heterocycles. The van der Waals surface area contributed by atoms with Crippen LogP contribution in [0.3, 0.4) is 0 Å². The molecule has 38 heavy (non-hydrogen) atoms. The van der Waals surface area contributed by atoms with E-state index in [9.17, 15) is 14.7 Å². The number of halogens is 1. The molecule has 0 saturated carbocycles. The van der Waals surface area contributed by atoms with E-state index < -0.39 is 18.2 Å². The molecule has 2 aromatic rings. The molecular weight excluding hydrogens is 611 g/mol. The molecular formula is C29H43IN4O3S. The number of β-amino-alcohol motifs (C(OH)–C–C–N with tert-alkyl or cyclic N) is 1. The van der Waals surface area contributed by atoms with Gasteiger partial charge in [-0.25, -0.2) is 4.98 Å². The summed E-state index contributed by atoms with van der Waals surface area (Å²) in [5, 5.41) is 16.9. The van der Waals surface area contributed by atoms with Crippen LogP contribution >= 0.6 is 33.9 Å². The van der Waals surface area contributed by atoms with E-state index >= 15 is 0 Å². The first-order chi connectivity index (χ1) is 18.1. The standard InChI is InChI=1S/C29H43IN4O3S/c1-20-25(38-19-33-20)22-12-10-21(11-13-22)17-32-27(36)24-16-23(35)18-34(24)28(37)26(29(2,3)4)31-15-9-7-5-6-8-14-30/h10-13,19,23-24,26,31,35H,5-9,14-18H2,1-4H3,(H,32,36). The Balaban J connectivity index is 1.57. The second-order valence-electron chi connectivity index (χ2n) is 11.3. The van der Waals surface area contributed by atoms with E-state index in [-0.39, 0.29) is 30.2 Å². The minimum Gasteiger partial charge on any atom is -0.391 e. The normalized spacial score (nSPS) is 18.5. The lowest BCUT2D eigenvalue weighted by Gasteiger charge is -2.35. The molecule has 0 aliphatic carbocycles. The molecule has 0 radical (unpaired) electrons. The SMILES string of the molecule is Cc1ncsc1-c1ccc(CNC(=O)C2CC(O)CN2C(=O)C(NCCCCCCCI)C(C)(C)C)cc1. The van der Waals surface area contributed by atoms with Crippen LogP contribution in [-0.2, 0) is 16.1 Å². The Kier molecular flexibility index (Phi) is 12.0. The van der Waals surface area contributed by atoms with Gasteiger partial charge in [0.1, 0.15) is 6.04 Å². The fourth-order valence-corrected chi connectivity index (χ4v) is 6.24. The number of nitrogens with one attached hydrogen (secondary N) is 2. The van der Waals surface area contributed by atoms with Crippen LogP contribution in [0.25, 0.3) is 10.4 Å². The number of carbonyl (C=O) groups excluding carboxylic acids is 2. The summed E-state index contributed by atoms with van der Waals surface area (Å²) in [5.41, 5.74) is 4.63. The van der Waals surface area contributed by atoms with Gasteiger partial charge < -0.3 is 20.6 Å². The van der Waals surface area contributed by atoms with Gasteiger partial charge in [0.25, 0.3) is 0 Å². The van der Waals surface area contributed by atoms with Crippen LogP contribution in [0.2, 0.25) is 0 Å². The quantitative estimate of drug-likeness (QED) is 0.159. The van der Waals surface area contributed by atoms with E-state index in [0.717, 1.165) is 41.1 Å². The largest absolute Gasteiger partial charge is 0.391 e. The van der Waals surface area contributed by atoms with Crippen molar-refractivity contribution < 1.29 is 14.7 Å². The summed E-state index contributed by atoms with van der Waals surface area (Å²) in [4.78, 5) is 33.9. The predicted molar refractivity (Wildman–Crippen MR) is 163 cm³/mol. The summed E-state index contributed by atoms with van der Waals surface area (Å²) < 4.78 is 1.20. The Hall–Kier alpha value is -1.56. The number of nitrogens with zero attached hydrogens (tertiary/aromatic N) is 2. The van der Waals surface area contributed by atoms with Gasteiger partial charge in [-0.2, -0.15) is 0 Å². The van der Waals surface area contributed by atoms with E-state index in [1.165, 1.54) is 23.7 Å². The lowest BCUT2D eigenvalue weighted by molar-refractivity contribution is -0.142. The van der Waals surface area contributed by atoms with Crippen molar-refractivity contribution in [3.8, 4) is 10.4 Å². The van der Waals surface area contributed by atoms with Crippen LogP contribution < -0.4 is 10.6 Å². The molecule has 3 atom stereocenters. The summed E-state index contributed by atoms with van der Waals surface area (Å²) >= 11 is 4.03. The first-order valence-electron chi connectivity index (χ1n) is 13.7. The van der Waals surface area contributed by atoms with Gasteiger partial charge >= 0.3 is 0 Å². The monoisotopic (exact) mass is 654 g/mol. The summed E-state index contributed by atoms with van der Waals surface area (Å²) in [7, 11) is 0. The maximum absolute atomic E-state index is 13.7. The van der Waals surface area contributed by atoms with Crippen molar-refractivity contribution in [2.45, 2.75) is 91.0 Å². The number of aliphatic hydroxyl groups is 1. The molecule has 1 aromatic carbocycles. The topological polar surface area (TPSA) is 94.6 Å². The number of thiazole rings is 1. The van der Waals surface area contributed by atoms with Crippen LogP contribution in [0.4, 0.5) is 0 Å². The van der Waals surface area contributed by atoms with E-state index in [0.29, 0.717) is 6.54 Å². The Bertz CT molecular complexity index is 1040. The molecule has 1 aliphatic heterocycles. The van der Waals surface area contributed by atoms with Crippen LogP contribution in [-0.4, -0.2) is 62.5 Å². The smallest absolute Gasteiger partial charge is 0.243 e. The van der Waals surface area contributed by atoms with E-state index in [2.05, 4.69) is 38.2 Å². The minimum absolute atomic E-state index is 0.108. The number of carbonyl (C=O) groups is 2. The third-order valence-corrected chi connectivity index (χ3v) is 8.81. The summed E-state index contributed by atoms with van der Waals surface area (Å²) in [6.07, 6.45) is 5.46. The second-order valence-corrected chi connectivity index (χ2v) is 13.2. The lowest BCUT2D eigenvalue weighted by Crippen LogP contribution is -2.56. The van der Waals surface area contributed by atoms with Gasteiger partial charge in [0.15, 0.2) is 0 Å². The lowest BCUT2D eigenvalue weighted by atomic mass is 9.85. The summed E-state index contributed by atoms with van der Waals surface area (Å²) in [5.74, 6) is -0.330. The van der Waals surface area contributed by atoms with Crippen LogP contribution in [0.1, 0.15) is 70.6 Å². The third kappa shape index (κ3) is 8.72. The maximum Gasteiger partial charge on any atom is 0.243 e. The number of aryl methyl sites for hydroxylation is 1. The van der Waals surface area contributed by atoms with Crippen molar-refractivity contribution in [3.63, 3.8) is 0 Å². The molecule has 1 saturated heterocycles. The number of aromatic nitrogens is 1. The van der Waals surface area contributed by atoms with Crippen molar-refractivity contribution in [1.29, 1.82) is 0 Å². The number of unbranched alkanes of at least 4 members (excludes halogenated alkanes) is 4. The summed E-state index contributed by atoms with van der Waals surface area (Å²) in [6.45, 7) is 9.45. The summed E-state index contributed by atoms with van der Waals surface area (Å²) in [6, 6.07) is 7.00. The first-order valence-corrected chi connectivity index (χ1v) is 16.1. The number of aliphatic hydroxyl groups excluding tert-OH is 1. The van der Waals surface area contributed by atoms with Crippen molar-refractivity contribution in [1.82, 2.24) is 20.5 Å². The molecule has 9 heteroatoms. The number of rotatable bonds is 13. The van der Waals surface area contributed by atoms with Gasteiger partial charge in [0.05, 0.1) is 28.2 Å². The van der Waals surface area contributed by atoms with E-state index in [1.54, 1.807) is 16.2 Å². The Morgan fingerprint density at radius 1 is 1.16 bits per heavy atom. The predicted octanol–water partition coefficient (Wildman–Crippen LogP) is 5.09. The highest BCUT2D eigenvalue weighted by molar-refractivity contribution is 14.1. The van der Waals surface area contributed by atoms with Crippen molar-refractivity contribution in [2.24, 2.45) is 5.41 Å². The molecule has 7 nitrogen and oxygen atoms in total. The second kappa shape index (κ2) is 14.7. The maximum atomic E-state index is 13.7. The fraction of sp³-hybridized carbons (Fsp3) is 0.621. The van der Waals surface area contributed by atoms with Gasteiger partial charge in [-0.1, -0.05) is 86.9 Å². The van der Waals surface area contributed by atoms with E-state index in [1.807, 2.05) is 57.5 Å². The van der Waals surface area contributed by atoms with Crippen LogP contribution in [0.5, 0.6) is 0 Å². The number of likely N-dealkylation sites (tertiary alicyclic amines) is 1. The minimum atomic E-state index is -0.699. The molecule has 3 rings (SSSR count). The van der Waals surface area contributed by atoms with Gasteiger partial charge in [-0.15, -0.1) is 11.3 Å². The number of amides is 2. The highest BCUT2D eigenvalue weighted by Crippen LogP contribution is 2.28. The molecule has 2 amide bonds. The van der Waals surface area contributed by atoms with Gasteiger partial charge in [-0.3, -0.25) is 9.59 Å². The molecule has 1 fully saturated rings. The zero-order chi connectivity index (χ0) is 27.7. The number of alkyl halides is 1. The fourth-order valence-electron chi connectivity index (χ4n) is 4.89. The highest BCUT2D eigenvalue weighted by atomic mass is 127. The Morgan fingerprint density at radius 3 is 2.47 bits per heavy atom. The molecule has 3 unspecified atom stereocenters. The van der Waals surface area contributed by atoms with Crippen molar-refractivity contribution in [3.05, 3.63) is 41.0 Å². The molecule has 0 spiro atoms. The van der Waals surface area contributed by atoms with Crippen LogP contribution in [0.15, 0.2) is 29.8 Å². The average Bonchev–Trinajstić information content (AvgIpc) is 3.49. The number of hydrogen-bond acceptors (Lipinski definition) is 6. The van der Waals surface area contributed by atoms with Crippen molar-refractivity contribution in [2.75, 3.05) is 17.5 Å². The molecule has 1 aliphatic rings. The Morgan fingerprint density at radius 2 is 1.84 bits per heavy atom. The highest BCUT2D eigenvalue weighted by Gasteiger charge is 2.43. The first kappa shape index (κ1) is 31.0. The third-order valence-electron chi connectivity index (χ3n) is 7.06. The number of benzene rings is 1. The molecule has 2 heterocycles. The van der Waals surface area contributed by atoms with Gasteiger partial charge in [0, 0.05) is 19.5 Å².